The molecule has 0 aliphatic rings. The summed E-state index contributed by atoms with van der Waals surface area (Å²) < 4.78 is 17.7. The molecule has 1 aromatic rings. The first-order valence-corrected chi connectivity index (χ1v) is 5.48. The van der Waals surface area contributed by atoms with E-state index in [1.165, 1.54) is 7.11 Å². The van der Waals surface area contributed by atoms with E-state index >= 15 is 0 Å². The number of H-pyrrole nitrogens is 1. The SMILES string of the molecule is COc1c([SH](C)C)c[nH]c1F. The van der Waals surface area contributed by atoms with Crippen molar-refractivity contribution in [3.63, 3.8) is 0 Å². The molecule has 2 nitrogen and oxygen atoms in total. The first-order chi connectivity index (χ1) is 5.16. The van der Waals surface area contributed by atoms with E-state index in [2.05, 4.69) is 17.5 Å². The van der Waals surface area contributed by atoms with Crippen molar-refractivity contribution in [2.45, 2.75) is 4.90 Å². The lowest BCUT2D eigenvalue weighted by molar-refractivity contribution is 0.375. The first-order valence-electron chi connectivity index (χ1n) is 3.25. The second kappa shape index (κ2) is 3.17. The van der Waals surface area contributed by atoms with Gasteiger partial charge in [0, 0.05) is 6.20 Å². The van der Waals surface area contributed by atoms with Crippen LogP contribution in [0.1, 0.15) is 0 Å². The number of hydrogen-bond acceptors (Lipinski definition) is 1. The molecule has 0 amide bonds. The monoisotopic (exact) mass is 177 g/mol. The number of ether oxygens (including phenoxy) is 1. The number of aromatic amines is 1. The van der Waals surface area contributed by atoms with Crippen LogP contribution in [0.5, 0.6) is 5.75 Å². The van der Waals surface area contributed by atoms with Crippen LogP contribution in [0.15, 0.2) is 11.1 Å². The van der Waals surface area contributed by atoms with Crippen LogP contribution in [0.2, 0.25) is 0 Å². The molecular weight excluding hydrogens is 165 g/mol. The van der Waals surface area contributed by atoms with Crippen LogP contribution in [0.25, 0.3) is 0 Å². The lowest BCUT2D eigenvalue weighted by Crippen LogP contribution is -1.86. The second-order valence-electron chi connectivity index (χ2n) is 2.42. The number of thiol groups is 1. The standard InChI is InChI=1S/C7H12FNOS/c1-10-6-5(11(2)3)4-9-7(6)8/h4,9,11H,1-3H3. The van der Waals surface area contributed by atoms with Gasteiger partial charge < -0.3 is 9.72 Å². The van der Waals surface area contributed by atoms with Gasteiger partial charge in [-0.3, -0.25) is 0 Å². The predicted molar refractivity (Wildman–Crippen MR) is 46.4 cm³/mol. The van der Waals surface area contributed by atoms with Crippen molar-refractivity contribution in [2.75, 3.05) is 19.6 Å². The largest absolute Gasteiger partial charge is 0.491 e. The quantitative estimate of drug-likeness (QED) is 0.661. The van der Waals surface area contributed by atoms with Gasteiger partial charge in [0.1, 0.15) is 0 Å². The highest BCUT2D eigenvalue weighted by molar-refractivity contribution is 8.16. The van der Waals surface area contributed by atoms with E-state index in [-0.39, 0.29) is 16.8 Å². The number of halogens is 1. The maximum absolute atomic E-state index is 12.8. The summed E-state index contributed by atoms with van der Waals surface area (Å²) in [4.78, 5) is 3.44. The van der Waals surface area contributed by atoms with Crippen molar-refractivity contribution in [3.8, 4) is 5.75 Å². The molecule has 0 fully saturated rings. The highest BCUT2D eigenvalue weighted by Gasteiger charge is 2.11. The third kappa shape index (κ3) is 1.50. The molecule has 0 saturated carbocycles. The van der Waals surface area contributed by atoms with Gasteiger partial charge in [0.2, 0.25) is 5.95 Å². The average Bonchev–Trinajstić information content (AvgIpc) is 2.30. The fourth-order valence-electron chi connectivity index (χ4n) is 0.902. The molecule has 0 radical (unpaired) electrons. The molecule has 1 aromatic heterocycles. The Morgan fingerprint density at radius 1 is 1.55 bits per heavy atom. The minimum atomic E-state index is -0.376. The molecule has 1 heterocycles. The van der Waals surface area contributed by atoms with E-state index in [0.29, 0.717) is 5.75 Å². The van der Waals surface area contributed by atoms with Crippen molar-refractivity contribution < 1.29 is 9.13 Å². The first kappa shape index (κ1) is 8.46. The smallest absolute Gasteiger partial charge is 0.234 e. The van der Waals surface area contributed by atoms with E-state index in [4.69, 9.17) is 4.74 Å². The topological polar surface area (TPSA) is 25.0 Å². The van der Waals surface area contributed by atoms with Crippen LogP contribution < -0.4 is 4.74 Å². The number of nitrogens with one attached hydrogen (secondary N) is 1. The van der Waals surface area contributed by atoms with Gasteiger partial charge in [0.05, 0.1) is 12.0 Å². The fourth-order valence-corrected chi connectivity index (χ4v) is 1.82. The zero-order valence-electron chi connectivity index (χ0n) is 6.81. The van der Waals surface area contributed by atoms with Crippen molar-refractivity contribution in [1.82, 2.24) is 4.98 Å². The van der Waals surface area contributed by atoms with Gasteiger partial charge in [-0.05, 0) is 12.5 Å². The van der Waals surface area contributed by atoms with E-state index in [1.807, 2.05) is 0 Å². The summed E-state index contributed by atoms with van der Waals surface area (Å²) in [5.41, 5.74) is 0. The molecule has 0 aromatic carbocycles. The van der Waals surface area contributed by atoms with E-state index in [9.17, 15) is 4.39 Å². The molecule has 4 heteroatoms. The Morgan fingerprint density at radius 3 is 2.55 bits per heavy atom. The summed E-state index contributed by atoms with van der Waals surface area (Å²) in [6, 6.07) is 0. The average molecular weight is 177 g/mol. The van der Waals surface area contributed by atoms with Crippen molar-refractivity contribution in [3.05, 3.63) is 12.1 Å². The molecule has 11 heavy (non-hydrogen) atoms. The van der Waals surface area contributed by atoms with Gasteiger partial charge in [0.15, 0.2) is 5.75 Å². The molecule has 0 saturated heterocycles. The number of aromatic nitrogens is 1. The molecule has 0 aliphatic heterocycles. The fraction of sp³-hybridized carbons (Fsp3) is 0.429. The molecule has 1 rings (SSSR count). The Balaban J connectivity index is 3.05. The third-order valence-electron chi connectivity index (χ3n) is 1.45. The van der Waals surface area contributed by atoms with Crippen LogP contribution in [0.4, 0.5) is 4.39 Å². The predicted octanol–water partition coefficient (Wildman–Crippen LogP) is 1.78. The van der Waals surface area contributed by atoms with Crippen LogP contribution in [-0.4, -0.2) is 24.6 Å². The van der Waals surface area contributed by atoms with Gasteiger partial charge in [-0.25, -0.2) is 10.9 Å². The minimum Gasteiger partial charge on any atom is -0.491 e. The Hall–Kier alpha value is -0.640. The Bertz CT molecular complexity index is 247. The molecule has 0 atom stereocenters. The van der Waals surface area contributed by atoms with E-state index in [1.54, 1.807) is 6.20 Å². The lowest BCUT2D eigenvalue weighted by atomic mass is 10.6. The van der Waals surface area contributed by atoms with Crippen LogP contribution >= 0.6 is 10.9 Å². The Morgan fingerprint density at radius 2 is 2.18 bits per heavy atom. The molecule has 0 bridgehead atoms. The lowest BCUT2D eigenvalue weighted by Gasteiger charge is -2.08. The van der Waals surface area contributed by atoms with Crippen LogP contribution in [-0.2, 0) is 0 Å². The maximum Gasteiger partial charge on any atom is 0.234 e. The van der Waals surface area contributed by atoms with Crippen LogP contribution in [0, 0.1) is 5.95 Å². The second-order valence-corrected chi connectivity index (χ2v) is 4.69. The number of methoxy groups -OCH3 is 1. The Kier molecular flexibility index (Phi) is 2.44. The summed E-state index contributed by atoms with van der Waals surface area (Å²) in [6.07, 6.45) is 5.78. The summed E-state index contributed by atoms with van der Waals surface area (Å²) >= 11 is 0. The zero-order chi connectivity index (χ0) is 8.43. The van der Waals surface area contributed by atoms with E-state index < -0.39 is 0 Å². The summed E-state index contributed by atoms with van der Waals surface area (Å²) in [5, 5.41) is 0. The van der Waals surface area contributed by atoms with Gasteiger partial charge in [-0.1, -0.05) is 0 Å². The maximum atomic E-state index is 12.8. The molecule has 0 unspecified atom stereocenters. The molecule has 64 valence electrons. The molecule has 1 N–H and O–H groups in total. The summed E-state index contributed by atoms with van der Waals surface area (Å²) in [5.74, 6) is -0.0141. The number of hydrogen-bond donors (Lipinski definition) is 2. The third-order valence-corrected chi connectivity index (χ3v) is 2.75. The van der Waals surface area contributed by atoms with Crippen molar-refractivity contribution >= 4 is 10.9 Å². The van der Waals surface area contributed by atoms with Crippen molar-refractivity contribution in [1.29, 1.82) is 0 Å². The van der Waals surface area contributed by atoms with E-state index in [0.717, 1.165) is 4.90 Å². The highest BCUT2D eigenvalue weighted by Crippen LogP contribution is 2.37. The molecule has 0 aliphatic carbocycles. The number of rotatable bonds is 2. The highest BCUT2D eigenvalue weighted by atomic mass is 32.2. The zero-order valence-corrected chi connectivity index (χ0v) is 7.71. The molecule has 0 spiro atoms. The summed E-state index contributed by atoms with van der Waals surface area (Å²) in [7, 11) is 1.18. The molecular formula is C7H12FNOS. The van der Waals surface area contributed by atoms with Crippen LogP contribution in [0.3, 0.4) is 0 Å². The van der Waals surface area contributed by atoms with Crippen molar-refractivity contribution in [2.24, 2.45) is 0 Å². The van der Waals surface area contributed by atoms with Gasteiger partial charge in [-0.2, -0.15) is 4.39 Å². The summed E-state index contributed by atoms with van der Waals surface area (Å²) in [6.45, 7) is 0. The van der Waals surface area contributed by atoms with Gasteiger partial charge in [0.25, 0.3) is 0 Å². The van der Waals surface area contributed by atoms with Gasteiger partial charge >= 0.3 is 0 Å². The minimum absolute atomic E-state index is 0.298. The Labute approximate surface area is 68.1 Å². The van der Waals surface area contributed by atoms with Gasteiger partial charge in [-0.15, -0.1) is 0 Å². The normalized spacial score (nSPS) is 11.5.